The summed E-state index contributed by atoms with van der Waals surface area (Å²) in [6.07, 6.45) is 4.60. The number of hydrogen-bond acceptors (Lipinski definition) is 3. The lowest BCUT2D eigenvalue weighted by Crippen LogP contribution is -2.43. The summed E-state index contributed by atoms with van der Waals surface area (Å²) < 4.78 is 1.95. The van der Waals surface area contributed by atoms with Crippen molar-refractivity contribution in [3.8, 4) is 5.69 Å². The molecule has 0 spiro atoms. The normalized spacial score (nSPS) is 20.1. The monoisotopic (exact) mass is 270 g/mol. The summed E-state index contributed by atoms with van der Waals surface area (Å²) in [5.41, 5.74) is 2.26. The molecule has 0 amide bonds. The number of likely N-dealkylation sites (tertiary alicyclic amines) is 1. The Bertz CT molecular complexity index is 534. The number of benzene rings is 1. The first-order valence-corrected chi connectivity index (χ1v) is 7.35. The molecule has 1 fully saturated rings. The third-order valence-electron chi connectivity index (χ3n) is 3.96. The molecule has 106 valence electrons. The zero-order chi connectivity index (χ0) is 13.8. The SMILES string of the molecule is CNC1CCCN(Cc2ccn(-c3ccccc3)n2)C1. The molecule has 1 unspecified atom stereocenters. The van der Waals surface area contributed by atoms with Crippen molar-refractivity contribution < 1.29 is 0 Å². The lowest BCUT2D eigenvalue weighted by molar-refractivity contribution is 0.186. The summed E-state index contributed by atoms with van der Waals surface area (Å²) in [5.74, 6) is 0. The Hall–Kier alpha value is -1.65. The first-order valence-electron chi connectivity index (χ1n) is 7.35. The molecule has 0 bridgehead atoms. The topological polar surface area (TPSA) is 33.1 Å². The largest absolute Gasteiger partial charge is 0.316 e. The van der Waals surface area contributed by atoms with Gasteiger partial charge in [0, 0.05) is 25.3 Å². The smallest absolute Gasteiger partial charge is 0.0769 e. The molecule has 0 radical (unpaired) electrons. The highest BCUT2D eigenvalue weighted by molar-refractivity contribution is 5.30. The highest BCUT2D eigenvalue weighted by atomic mass is 15.3. The molecule has 1 aliphatic heterocycles. The van der Waals surface area contributed by atoms with Gasteiger partial charge in [0.1, 0.15) is 0 Å². The minimum absolute atomic E-state index is 0.625. The van der Waals surface area contributed by atoms with Gasteiger partial charge in [-0.3, -0.25) is 4.90 Å². The van der Waals surface area contributed by atoms with Crippen molar-refractivity contribution in [3.63, 3.8) is 0 Å². The van der Waals surface area contributed by atoms with Gasteiger partial charge < -0.3 is 5.32 Å². The maximum atomic E-state index is 4.68. The van der Waals surface area contributed by atoms with Gasteiger partial charge in [0.2, 0.25) is 0 Å². The molecule has 2 heterocycles. The second-order valence-corrected chi connectivity index (χ2v) is 5.45. The Labute approximate surface area is 120 Å². The number of nitrogens with one attached hydrogen (secondary N) is 1. The van der Waals surface area contributed by atoms with Gasteiger partial charge in [-0.15, -0.1) is 0 Å². The molecule has 0 saturated carbocycles. The predicted octanol–water partition coefficient (Wildman–Crippen LogP) is 2.06. The number of nitrogens with zero attached hydrogens (tertiary/aromatic N) is 3. The minimum atomic E-state index is 0.625. The zero-order valence-electron chi connectivity index (χ0n) is 12.0. The van der Waals surface area contributed by atoms with E-state index in [1.807, 2.05) is 29.1 Å². The first kappa shape index (κ1) is 13.3. The standard InChI is InChI=1S/C16H22N4/c1-17-14-6-5-10-19(12-14)13-15-9-11-20(18-15)16-7-3-2-4-8-16/h2-4,7-9,11,14,17H,5-6,10,12-13H2,1H3. The number of likely N-dealkylation sites (N-methyl/N-ethyl adjacent to an activating group) is 1. The zero-order valence-corrected chi connectivity index (χ0v) is 12.0. The van der Waals surface area contributed by atoms with Gasteiger partial charge in [0.25, 0.3) is 0 Å². The van der Waals surface area contributed by atoms with Crippen LogP contribution >= 0.6 is 0 Å². The summed E-state index contributed by atoms with van der Waals surface area (Å²) in [5, 5.41) is 8.06. The van der Waals surface area contributed by atoms with Crippen molar-refractivity contribution in [3.05, 3.63) is 48.3 Å². The van der Waals surface area contributed by atoms with E-state index >= 15 is 0 Å². The van der Waals surface area contributed by atoms with Crippen LogP contribution in [0.4, 0.5) is 0 Å². The summed E-state index contributed by atoms with van der Waals surface area (Å²) in [6.45, 7) is 3.24. The number of rotatable bonds is 4. The molecule has 3 rings (SSSR count). The molecular weight excluding hydrogens is 248 g/mol. The molecule has 1 atom stereocenters. The lowest BCUT2D eigenvalue weighted by atomic mass is 10.1. The molecule has 1 aromatic heterocycles. The third-order valence-corrected chi connectivity index (χ3v) is 3.96. The molecule has 1 saturated heterocycles. The number of piperidine rings is 1. The summed E-state index contributed by atoms with van der Waals surface area (Å²) in [4.78, 5) is 2.49. The quantitative estimate of drug-likeness (QED) is 0.923. The van der Waals surface area contributed by atoms with Gasteiger partial charge in [-0.05, 0) is 44.6 Å². The predicted molar refractivity (Wildman–Crippen MR) is 80.9 cm³/mol. The van der Waals surface area contributed by atoms with E-state index in [1.165, 1.54) is 19.4 Å². The molecular formula is C16H22N4. The lowest BCUT2D eigenvalue weighted by Gasteiger charge is -2.31. The van der Waals surface area contributed by atoms with Crippen LogP contribution in [0.15, 0.2) is 42.6 Å². The summed E-state index contributed by atoms with van der Waals surface area (Å²) in [7, 11) is 2.05. The maximum Gasteiger partial charge on any atom is 0.0769 e. The van der Waals surface area contributed by atoms with E-state index in [-0.39, 0.29) is 0 Å². The average Bonchev–Trinajstić information content (AvgIpc) is 2.97. The molecule has 2 aromatic rings. The molecule has 4 heteroatoms. The molecule has 1 aliphatic rings. The Morgan fingerprint density at radius 3 is 2.90 bits per heavy atom. The van der Waals surface area contributed by atoms with Crippen LogP contribution < -0.4 is 5.32 Å². The van der Waals surface area contributed by atoms with Gasteiger partial charge in [0.05, 0.1) is 11.4 Å². The van der Waals surface area contributed by atoms with E-state index in [0.717, 1.165) is 24.5 Å². The fourth-order valence-electron chi connectivity index (χ4n) is 2.83. The molecule has 4 nitrogen and oxygen atoms in total. The van der Waals surface area contributed by atoms with E-state index in [9.17, 15) is 0 Å². The summed E-state index contributed by atoms with van der Waals surface area (Å²) in [6, 6.07) is 13.0. The van der Waals surface area contributed by atoms with Crippen molar-refractivity contribution in [2.75, 3.05) is 20.1 Å². The fourth-order valence-corrected chi connectivity index (χ4v) is 2.83. The third kappa shape index (κ3) is 3.08. The van der Waals surface area contributed by atoms with Gasteiger partial charge in [-0.2, -0.15) is 5.10 Å². The number of hydrogen-bond donors (Lipinski definition) is 1. The minimum Gasteiger partial charge on any atom is -0.316 e. The fraction of sp³-hybridized carbons (Fsp3) is 0.438. The van der Waals surface area contributed by atoms with Gasteiger partial charge in [0.15, 0.2) is 0 Å². The van der Waals surface area contributed by atoms with Crippen molar-refractivity contribution in [1.82, 2.24) is 20.0 Å². The second-order valence-electron chi connectivity index (χ2n) is 5.45. The Morgan fingerprint density at radius 2 is 2.10 bits per heavy atom. The van der Waals surface area contributed by atoms with Gasteiger partial charge in [-0.1, -0.05) is 18.2 Å². The van der Waals surface area contributed by atoms with E-state index in [4.69, 9.17) is 0 Å². The van der Waals surface area contributed by atoms with E-state index in [2.05, 4.69) is 40.6 Å². The first-order chi connectivity index (χ1) is 9.85. The molecule has 20 heavy (non-hydrogen) atoms. The van der Waals surface area contributed by atoms with Crippen molar-refractivity contribution in [1.29, 1.82) is 0 Å². The van der Waals surface area contributed by atoms with Crippen molar-refractivity contribution in [2.24, 2.45) is 0 Å². The van der Waals surface area contributed by atoms with Crippen LogP contribution in [0.2, 0.25) is 0 Å². The van der Waals surface area contributed by atoms with Gasteiger partial charge >= 0.3 is 0 Å². The van der Waals surface area contributed by atoms with Crippen LogP contribution in [-0.4, -0.2) is 40.9 Å². The number of para-hydroxylation sites is 1. The second kappa shape index (κ2) is 6.20. The van der Waals surface area contributed by atoms with Crippen LogP contribution in [0.5, 0.6) is 0 Å². The van der Waals surface area contributed by atoms with E-state index in [0.29, 0.717) is 6.04 Å². The van der Waals surface area contributed by atoms with Crippen molar-refractivity contribution >= 4 is 0 Å². The molecule has 1 N–H and O–H groups in total. The maximum absolute atomic E-state index is 4.68. The van der Waals surface area contributed by atoms with Crippen molar-refractivity contribution in [2.45, 2.75) is 25.4 Å². The summed E-state index contributed by atoms with van der Waals surface area (Å²) >= 11 is 0. The average molecular weight is 270 g/mol. The van der Waals surface area contributed by atoms with E-state index < -0.39 is 0 Å². The van der Waals surface area contributed by atoms with Crippen LogP contribution in [0, 0.1) is 0 Å². The Kier molecular flexibility index (Phi) is 4.14. The van der Waals surface area contributed by atoms with Crippen LogP contribution in [0.3, 0.4) is 0 Å². The highest BCUT2D eigenvalue weighted by Gasteiger charge is 2.18. The van der Waals surface area contributed by atoms with Crippen LogP contribution in [0.25, 0.3) is 5.69 Å². The molecule has 1 aromatic carbocycles. The highest BCUT2D eigenvalue weighted by Crippen LogP contribution is 2.13. The van der Waals surface area contributed by atoms with Crippen LogP contribution in [-0.2, 0) is 6.54 Å². The Morgan fingerprint density at radius 1 is 1.25 bits per heavy atom. The Balaban J connectivity index is 1.65. The van der Waals surface area contributed by atoms with Crippen LogP contribution in [0.1, 0.15) is 18.5 Å². The number of aromatic nitrogens is 2. The van der Waals surface area contributed by atoms with E-state index in [1.54, 1.807) is 0 Å². The molecule has 0 aliphatic carbocycles. The van der Waals surface area contributed by atoms with Gasteiger partial charge in [-0.25, -0.2) is 4.68 Å².